The van der Waals surface area contributed by atoms with Gasteiger partial charge in [0, 0.05) is 15.7 Å². The van der Waals surface area contributed by atoms with Crippen LogP contribution in [0.5, 0.6) is 0 Å². The summed E-state index contributed by atoms with van der Waals surface area (Å²) in [5, 5.41) is 2.55. The third kappa shape index (κ3) is 4.03. The van der Waals surface area contributed by atoms with Gasteiger partial charge in [-0.25, -0.2) is 4.79 Å². The molecular formula is C12H15BrN2O3. The molecule has 0 bridgehead atoms. The van der Waals surface area contributed by atoms with Gasteiger partial charge in [0.15, 0.2) is 0 Å². The number of carbonyl (C=O) groups excluding carboxylic acids is 2. The van der Waals surface area contributed by atoms with Gasteiger partial charge in [0.2, 0.25) is 0 Å². The Labute approximate surface area is 114 Å². The second kappa shape index (κ2) is 6.39. The van der Waals surface area contributed by atoms with Crippen LogP contribution in [-0.2, 0) is 9.53 Å². The average molecular weight is 315 g/mol. The number of anilines is 1. The largest absolute Gasteiger partial charge is 0.464 e. The predicted octanol–water partition coefficient (Wildman–Crippen LogP) is 1.71. The van der Waals surface area contributed by atoms with Gasteiger partial charge >= 0.3 is 5.97 Å². The third-order valence-corrected chi connectivity index (χ3v) is 2.63. The van der Waals surface area contributed by atoms with Crippen LogP contribution in [0.15, 0.2) is 22.7 Å². The molecule has 1 rings (SSSR count). The molecule has 0 saturated heterocycles. The smallest absolute Gasteiger partial charge is 0.328 e. The first-order valence-electron chi connectivity index (χ1n) is 5.47. The van der Waals surface area contributed by atoms with Gasteiger partial charge in [-0.2, -0.15) is 0 Å². The summed E-state index contributed by atoms with van der Waals surface area (Å²) in [5.41, 5.74) is 6.49. The Morgan fingerprint density at radius 2 is 2.11 bits per heavy atom. The predicted molar refractivity (Wildman–Crippen MR) is 72.1 cm³/mol. The highest BCUT2D eigenvalue weighted by Gasteiger charge is 2.17. The number of rotatable bonds is 4. The standard InChI is InChI=1S/C12H15BrN2O3/c1-3-18-12(17)7(2)15-11(16)8-4-9(13)6-10(14)5-8/h4-7H,3,14H2,1-2H3,(H,15,16). The molecule has 18 heavy (non-hydrogen) atoms. The summed E-state index contributed by atoms with van der Waals surface area (Å²) in [4.78, 5) is 23.2. The van der Waals surface area contributed by atoms with Crippen molar-refractivity contribution < 1.29 is 14.3 Å². The second-order valence-electron chi connectivity index (χ2n) is 3.72. The van der Waals surface area contributed by atoms with E-state index < -0.39 is 12.0 Å². The molecule has 3 N–H and O–H groups in total. The molecule has 0 heterocycles. The fraction of sp³-hybridized carbons (Fsp3) is 0.333. The number of halogens is 1. The molecule has 0 aromatic heterocycles. The summed E-state index contributed by atoms with van der Waals surface area (Å²) in [6, 6.07) is 4.16. The van der Waals surface area contributed by atoms with E-state index in [2.05, 4.69) is 21.2 Å². The Hall–Kier alpha value is -1.56. The van der Waals surface area contributed by atoms with Crippen LogP contribution in [0.25, 0.3) is 0 Å². The summed E-state index contributed by atoms with van der Waals surface area (Å²) in [6.07, 6.45) is 0. The highest BCUT2D eigenvalue weighted by Crippen LogP contribution is 2.17. The van der Waals surface area contributed by atoms with Crippen molar-refractivity contribution in [3.05, 3.63) is 28.2 Å². The first-order valence-corrected chi connectivity index (χ1v) is 6.27. The fourth-order valence-electron chi connectivity index (χ4n) is 1.35. The molecule has 0 aliphatic heterocycles. The molecule has 1 aromatic carbocycles. The second-order valence-corrected chi connectivity index (χ2v) is 4.64. The molecule has 1 atom stereocenters. The number of nitrogens with two attached hydrogens (primary N) is 1. The first kappa shape index (κ1) is 14.5. The van der Waals surface area contributed by atoms with E-state index in [1.54, 1.807) is 26.0 Å². The van der Waals surface area contributed by atoms with E-state index in [9.17, 15) is 9.59 Å². The lowest BCUT2D eigenvalue weighted by Gasteiger charge is -2.13. The topological polar surface area (TPSA) is 81.4 Å². The van der Waals surface area contributed by atoms with Crippen LogP contribution >= 0.6 is 15.9 Å². The highest BCUT2D eigenvalue weighted by molar-refractivity contribution is 9.10. The van der Waals surface area contributed by atoms with Gasteiger partial charge in [0.05, 0.1) is 6.61 Å². The van der Waals surface area contributed by atoms with Gasteiger partial charge in [0.25, 0.3) is 5.91 Å². The van der Waals surface area contributed by atoms with Gasteiger partial charge in [0.1, 0.15) is 6.04 Å². The Morgan fingerprint density at radius 3 is 2.67 bits per heavy atom. The summed E-state index contributed by atoms with van der Waals surface area (Å²) in [5.74, 6) is -0.836. The van der Waals surface area contributed by atoms with Gasteiger partial charge < -0.3 is 15.8 Å². The van der Waals surface area contributed by atoms with E-state index in [-0.39, 0.29) is 12.5 Å². The highest BCUT2D eigenvalue weighted by atomic mass is 79.9. The molecule has 0 fully saturated rings. The molecule has 6 heteroatoms. The van der Waals surface area contributed by atoms with Crippen molar-refractivity contribution in [3.63, 3.8) is 0 Å². The lowest BCUT2D eigenvalue weighted by Crippen LogP contribution is -2.39. The number of hydrogen-bond donors (Lipinski definition) is 2. The lowest BCUT2D eigenvalue weighted by atomic mass is 10.2. The monoisotopic (exact) mass is 314 g/mol. The lowest BCUT2D eigenvalue weighted by molar-refractivity contribution is -0.144. The van der Waals surface area contributed by atoms with E-state index in [1.165, 1.54) is 6.07 Å². The Kier molecular flexibility index (Phi) is 5.15. The van der Waals surface area contributed by atoms with Crippen LogP contribution in [0.1, 0.15) is 24.2 Å². The van der Waals surface area contributed by atoms with E-state index in [4.69, 9.17) is 10.5 Å². The maximum atomic E-state index is 11.9. The molecule has 0 aliphatic carbocycles. The van der Waals surface area contributed by atoms with Gasteiger partial charge in [-0.3, -0.25) is 4.79 Å². The summed E-state index contributed by atoms with van der Waals surface area (Å²) in [6.45, 7) is 3.56. The van der Waals surface area contributed by atoms with Crippen LogP contribution in [-0.4, -0.2) is 24.5 Å². The fourth-order valence-corrected chi connectivity index (χ4v) is 1.86. The van der Waals surface area contributed by atoms with E-state index in [0.29, 0.717) is 15.7 Å². The van der Waals surface area contributed by atoms with E-state index in [0.717, 1.165) is 0 Å². The van der Waals surface area contributed by atoms with Crippen molar-refractivity contribution >= 4 is 33.5 Å². The van der Waals surface area contributed by atoms with Crippen molar-refractivity contribution in [2.24, 2.45) is 0 Å². The number of hydrogen-bond acceptors (Lipinski definition) is 4. The first-order chi connectivity index (χ1) is 8.43. The maximum absolute atomic E-state index is 11.9. The summed E-state index contributed by atoms with van der Waals surface area (Å²) in [7, 11) is 0. The Balaban J connectivity index is 2.73. The van der Waals surface area contributed by atoms with Crippen molar-refractivity contribution in [1.29, 1.82) is 0 Å². The molecule has 1 unspecified atom stereocenters. The molecule has 1 aromatic rings. The number of carbonyl (C=O) groups is 2. The number of ether oxygens (including phenoxy) is 1. The van der Waals surface area contributed by atoms with E-state index in [1.807, 2.05) is 0 Å². The number of benzene rings is 1. The van der Waals surface area contributed by atoms with Crippen molar-refractivity contribution in [1.82, 2.24) is 5.32 Å². The summed E-state index contributed by atoms with van der Waals surface area (Å²) < 4.78 is 5.51. The van der Waals surface area contributed by atoms with Crippen molar-refractivity contribution in [3.8, 4) is 0 Å². The maximum Gasteiger partial charge on any atom is 0.328 e. The van der Waals surface area contributed by atoms with Gasteiger partial charge in [-0.1, -0.05) is 15.9 Å². The molecule has 0 aliphatic rings. The van der Waals surface area contributed by atoms with Gasteiger partial charge in [-0.15, -0.1) is 0 Å². The number of esters is 1. The number of nitrogen functional groups attached to an aromatic ring is 1. The summed E-state index contributed by atoms with van der Waals surface area (Å²) >= 11 is 3.25. The normalized spacial score (nSPS) is 11.7. The zero-order valence-corrected chi connectivity index (χ0v) is 11.8. The minimum absolute atomic E-state index is 0.281. The third-order valence-electron chi connectivity index (χ3n) is 2.17. The van der Waals surface area contributed by atoms with Crippen LogP contribution in [0.3, 0.4) is 0 Å². The Bertz CT molecular complexity index is 442. The molecule has 0 saturated carbocycles. The van der Waals surface area contributed by atoms with Crippen LogP contribution in [0, 0.1) is 0 Å². The zero-order chi connectivity index (χ0) is 13.7. The zero-order valence-electron chi connectivity index (χ0n) is 10.2. The van der Waals surface area contributed by atoms with Crippen molar-refractivity contribution in [2.45, 2.75) is 19.9 Å². The molecule has 0 radical (unpaired) electrons. The molecule has 0 spiro atoms. The van der Waals surface area contributed by atoms with Crippen LogP contribution in [0.2, 0.25) is 0 Å². The molecule has 98 valence electrons. The quantitative estimate of drug-likeness (QED) is 0.655. The average Bonchev–Trinajstić information content (AvgIpc) is 2.27. The van der Waals surface area contributed by atoms with E-state index >= 15 is 0 Å². The Morgan fingerprint density at radius 1 is 1.44 bits per heavy atom. The van der Waals surface area contributed by atoms with Crippen molar-refractivity contribution in [2.75, 3.05) is 12.3 Å². The molecule has 1 amide bonds. The SMILES string of the molecule is CCOC(=O)C(C)NC(=O)c1cc(N)cc(Br)c1. The number of amides is 1. The van der Waals surface area contributed by atoms with Crippen LogP contribution in [0.4, 0.5) is 5.69 Å². The number of nitrogens with one attached hydrogen (secondary N) is 1. The molecule has 5 nitrogen and oxygen atoms in total. The van der Waals surface area contributed by atoms with Gasteiger partial charge in [-0.05, 0) is 32.0 Å². The minimum Gasteiger partial charge on any atom is -0.464 e. The molecular weight excluding hydrogens is 300 g/mol. The minimum atomic E-state index is -0.697. The van der Waals surface area contributed by atoms with Crippen LogP contribution < -0.4 is 11.1 Å².